The molecule has 2 aliphatic heterocycles. The number of ether oxygens (including phenoxy) is 1. The van der Waals surface area contributed by atoms with Gasteiger partial charge in [-0.1, -0.05) is 29.8 Å². The molecule has 2 aromatic carbocycles. The minimum Gasteiger partial charge on any atom is -0.482 e. The van der Waals surface area contributed by atoms with Gasteiger partial charge in [0, 0.05) is 18.3 Å². The second-order valence-electron chi connectivity index (χ2n) is 6.74. The molecule has 1 atom stereocenters. The molecule has 0 unspecified atom stereocenters. The van der Waals surface area contributed by atoms with Crippen LogP contribution < -0.4 is 15.4 Å². The number of carbonyl (C=O) groups is 2. The Labute approximate surface area is 172 Å². The molecule has 2 N–H and O–H groups in total. The van der Waals surface area contributed by atoms with Crippen molar-refractivity contribution in [2.45, 2.75) is 23.8 Å². The monoisotopic (exact) mass is 435 g/mol. The molecule has 1 fully saturated rings. The Kier molecular flexibility index (Phi) is 5.20. The molecule has 2 amide bonds. The minimum absolute atomic E-state index is 0.0522. The van der Waals surface area contributed by atoms with Gasteiger partial charge in [0.15, 0.2) is 6.61 Å². The molecule has 2 heterocycles. The van der Waals surface area contributed by atoms with Crippen LogP contribution in [-0.2, 0) is 19.6 Å². The summed E-state index contributed by atoms with van der Waals surface area (Å²) in [6.07, 6.45) is 0.967. The lowest BCUT2D eigenvalue weighted by atomic mass is 10.2. The molecule has 4 rings (SSSR count). The molecule has 0 bridgehead atoms. The first kappa shape index (κ1) is 19.7. The summed E-state index contributed by atoms with van der Waals surface area (Å²) < 4.78 is 33.1. The van der Waals surface area contributed by atoms with Crippen LogP contribution in [0.1, 0.15) is 12.8 Å². The lowest BCUT2D eigenvalue weighted by molar-refractivity contribution is -0.119. The number of hydrogen-bond acceptors (Lipinski definition) is 5. The fourth-order valence-electron chi connectivity index (χ4n) is 3.44. The van der Waals surface area contributed by atoms with E-state index >= 15 is 0 Å². The Morgan fingerprint density at radius 2 is 2.00 bits per heavy atom. The van der Waals surface area contributed by atoms with Gasteiger partial charge in [-0.05, 0) is 31.0 Å². The molecule has 0 spiro atoms. The zero-order chi connectivity index (χ0) is 20.6. The van der Waals surface area contributed by atoms with E-state index in [1.165, 1.54) is 16.4 Å². The third-order valence-electron chi connectivity index (χ3n) is 4.80. The molecule has 2 aliphatic rings. The standard InChI is InChI=1S/C19H18ClN3O5S/c20-13-9-14-16(28-11-18(24)22-14)10-17(13)29(26,27)23-8-4-7-15(23)19(25)21-12-5-2-1-3-6-12/h1-3,5-6,9-10,15H,4,7-8,11H2,(H,21,25)(H,22,24)/t15-/m1/s1. The predicted molar refractivity (Wildman–Crippen MR) is 108 cm³/mol. The first-order chi connectivity index (χ1) is 13.9. The highest BCUT2D eigenvalue weighted by molar-refractivity contribution is 7.89. The highest BCUT2D eigenvalue weighted by Crippen LogP contribution is 2.38. The summed E-state index contributed by atoms with van der Waals surface area (Å²) in [7, 11) is -4.05. The van der Waals surface area contributed by atoms with Gasteiger partial charge in [0.1, 0.15) is 16.7 Å². The number of hydrogen-bond donors (Lipinski definition) is 2. The van der Waals surface area contributed by atoms with Gasteiger partial charge in [-0.3, -0.25) is 9.59 Å². The van der Waals surface area contributed by atoms with Gasteiger partial charge >= 0.3 is 0 Å². The minimum atomic E-state index is -4.05. The van der Waals surface area contributed by atoms with E-state index in [9.17, 15) is 18.0 Å². The second kappa shape index (κ2) is 7.66. The number of fused-ring (bicyclic) bond motifs is 1. The maximum absolute atomic E-state index is 13.3. The number of sulfonamides is 1. The van der Waals surface area contributed by atoms with Crippen LogP contribution in [0.25, 0.3) is 0 Å². The van der Waals surface area contributed by atoms with Gasteiger partial charge in [-0.15, -0.1) is 0 Å². The molecule has 2 aromatic rings. The van der Waals surface area contributed by atoms with Crippen LogP contribution in [0, 0.1) is 0 Å². The van der Waals surface area contributed by atoms with Crippen molar-refractivity contribution in [1.29, 1.82) is 0 Å². The van der Waals surface area contributed by atoms with Crippen LogP contribution >= 0.6 is 11.6 Å². The summed E-state index contributed by atoms with van der Waals surface area (Å²) in [4.78, 5) is 24.0. The van der Waals surface area contributed by atoms with E-state index < -0.39 is 22.0 Å². The molecule has 10 heteroatoms. The number of carbonyl (C=O) groups excluding carboxylic acids is 2. The van der Waals surface area contributed by atoms with E-state index in [4.69, 9.17) is 16.3 Å². The van der Waals surface area contributed by atoms with Crippen molar-refractivity contribution in [1.82, 2.24) is 4.31 Å². The van der Waals surface area contributed by atoms with E-state index in [1.54, 1.807) is 24.3 Å². The molecular formula is C19H18ClN3O5S. The van der Waals surface area contributed by atoms with Crippen molar-refractivity contribution in [3.63, 3.8) is 0 Å². The normalized spacial score (nSPS) is 19.2. The molecule has 0 aliphatic carbocycles. The number of para-hydroxylation sites is 1. The average Bonchev–Trinajstić information content (AvgIpc) is 3.19. The Morgan fingerprint density at radius 3 is 2.76 bits per heavy atom. The lowest BCUT2D eigenvalue weighted by Crippen LogP contribution is -2.43. The predicted octanol–water partition coefficient (Wildman–Crippen LogP) is 2.46. The van der Waals surface area contributed by atoms with Crippen molar-refractivity contribution in [3.05, 3.63) is 47.5 Å². The highest BCUT2D eigenvalue weighted by Gasteiger charge is 2.41. The van der Waals surface area contributed by atoms with Gasteiger partial charge < -0.3 is 15.4 Å². The van der Waals surface area contributed by atoms with Crippen LogP contribution in [0.5, 0.6) is 5.75 Å². The second-order valence-corrected chi connectivity index (χ2v) is 9.01. The number of nitrogens with one attached hydrogen (secondary N) is 2. The Morgan fingerprint density at radius 1 is 1.24 bits per heavy atom. The Hall–Kier alpha value is -2.62. The molecule has 1 saturated heterocycles. The maximum atomic E-state index is 13.3. The molecule has 0 aromatic heterocycles. The number of benzene rings is 2. The number of nitrogens with zero attached hydrogens (tertiary/aromatic N) is 1. The number of anilines is 2. The zero-order valence-corrected chi connectivity index (χ0v) is 16.8. The smallest absolute Gasteiger partial charge is 0.262 e. The van der Waals surface area contributed by atoms with Crippen molar-refractivity contribution in [3.8, 4) is 5.75 Å². The van der Waals surface area contributed by atoms with Crippen molar-refractivity contribution in [2.75, 3.05) is 23.8 Å². The first-order valence-corrected chi connectivity index (χ1v) is 10.8. The molecule has 152 valence electrons. The van der Waals surface area contributed by atoms with E-state index in [1.807, 2.05) is 6.07 Å². The van der Waals surface area contributed by atoms with Gasteiger partial charge in [0.25, 0.3) is 5.91 Å². The van der Waals surface area contributed by atoms with Gasteiger partial charge in [0.2, 0.25) is 15.9 Å². The van der Waals surface area contributed by atoms with Crippen LogP contribution in [0.15, 0.2) is 47.4 Å². The summed E-state index contributed by atoms with van der Waals surface area (Å²) in [6, 6.07) is 10.6. The van der Waals surface area contributed by atoms with Crippen LogP contribution in [0.4, 0.5) is 11.4 Å². The zero-order valence-electron chi connectivity index (χ0n) is 15.2. The Balaban J connectivity index is 1.62. The van der Waals surface area contributed by atoms with E-state index in [0.717, 1.165) is 0 Å². The SMILES string of the molecule is O=C1COc2cc(S(=O)(=O)N3CCC[C@@H]3C(=O)Nc3ccccc3)c(Cl)cc2N1. The van der Waals surface area contributed by atoms with Crippen LogP contribution in [0.3, 0.4) is 0 Å². The van der Waals surface area contributed by atoms with Crippen molar-refractivity contribution >= 4 is 44.8 Å². The number of amides is 2. The Bertz CT molecular complexity index is 1070. The third kappa shape index (κ3) is 3.81. The lowest BCUT2D eigenvalue weighted by Gasteiger charge is -2.25. The molecular weight excluding hydrogens is 418 g/mol. The molecule has 8 nitrogen and oxygen atoms in total. The number of halogens is 1. The largest absolute Gasteiger partial charge is 0.482 e. The van der Waals surface area contributed by atoms with E-state index in [2.05, 4.69) is 10.6 Å². The molecule has 0 saturated carbocycles. The molecule has 29 heavy (non-hydrogen) atoms. The summed E-state index contributed by atoms with van der Waals surface area (Å²) in [6.45, 7) is 0.000156. The first-order valence-electron chi connectivity index (χ1n) is 9.00. The summed E-state index contributed by atoms with van der Waals surface area (Å²) in [5.74, 6) is -0.520. The quantitative estimate of drug-likeness (QED) is 0.767. The van der Waals surface area contributed by atoms with E-state index in [-0.39, 0.29) is 34.7 Å². The summed E-state index contributed by atoms with van der Waals surface area (Å²) in [5.41, 5.74) is 0.905. The van der Waals surface area contributed by atoms with Gasteiger partial charge in [-0.2, -0.15) is 4.31 Å². The average molecular weight is 436 g/mol. The summed E-state index contributed by atoms with van der Waals surface area (Å²) >= 11 is 6.22. The molecule has 0 radical (unpaired) electrons. The van der Waals surface area contributed by atoms with Gasteiger partial charge in [0.05, 0.1) is 10.7 Å². The third-order valence-corrected chi connectivity index (χ3v) is 7.17. The summed E-state index contributed by atoms with van der Waals surface area (Å²) in [5, 5.41) is 5.29. The van der Waals surface area contributed by atoms with Crippen molar-refractivity contribution < 1.29 is 22.7 Å². The van der Waals surface area contributed by atoms with E-state index in [0.29, 0.717) is 24.2 Å². The van der Waals surface area contributed by atoms with Gasteiger partial charge in [-0.25, -0.2) is 8.42 Å². The van der Waals surface area contributed by atoms with Crippen LogP contribution in [0.2, 0.25) is 5.02 Å². The van der Waals surface area contributed by atoms with Crippen LogP contribution in [-0.4, -0.2) is 43.7 Å². The topological polar surface area (TPSA) is 105 Å². The fourth-order valence-corrected chi connectivity index (χ4v) is 5.62. The fraction of sp³-hybridized carbons (Fsp3) is 0.263. The number of rotatable bonds is 4. The van der Waals surface area contributed by atoms with Crippen molar-refractivity contribution in [2.24, 2.45) is 0 Å². The maximum Gasteiger partial charge on any atom is 0.262 e. The highest BCUT2D eigenvalue weighted by atomic mass is 35.5.